The van der Waals surface area contributed by atoms with Gasteiger partial charge in [-0.15, -0.1) is 11.3 Å². The molecule has 5 nitrogen and oxygen atoms in total. The van der Waals surface area contributed by atoms with E-state index < -0.39 is 10.0 Å². The summed E-state index contributed by atoms with van der Waals surface area (Å²) >= 11 is 1.66. The zero-order valence-corrected chi connectivity index (χ0v) is 15.7. The van der Waals surface area contributed by atoms with Gasteiger partial charge in [0.2, 0.25) is 10.0 Å². The Hall–Kier alpha value is -1.28. The number of rotatable bonds is 4. The summed E-state index contributed by atoms with van der Waals surface area (Å²) in [5.74, 6) is 0. The van der Waals surface area contributed by atoms with Gasteiger partial charge in [-0.3, -0.25) is 4.90 Å². The molecule has 1 aliphatic rings. The van der Waals surface area contributed by atoms with Gasteiger partial charge in [-0.2, -0.15) is 4.31 Å². The van der Waals surface area contributed by atoms with Crippen molar-refractivity contribution in [2.45, 2.75) is 31.7 Å². The van der Waals surface area contributed by atoms with Crippen LogP contribution in [0.3, 0.4) is 0 Å². The maximum Gasteiger partial charge on any atom is 0.243 e. The molecule has 1 aliphatic heterocycles. The van der Waals surface area contributed by atoms with E-state index in [1.807, 2.05) is 26.0 Å². The van der Waals surface area contributed by atoms with E-state index in [0.29, 0.717) is 18.0 Å². The first-order chi connectivity index (χ1) is 11.4. The van der Waals surface area contributed by atoms with E-state index in [9.17, 15) is 8.42 Å². The number of nitrogens with zero attached hydrogens (tertiary/aromatic N) is 3. The smallest absolute Gasteiger partial charge is 0.243 e. The van der Waals surface area contributed by atoms with Crippen LogP contribution in [0.15, 0.2) is 34.5 Å². The summed E-state index contributed by atoms with van der Waals surface area (Å²) in [5, 5.41) is 3.16. The highest BCUT2D eigenvalue weighted by Crippen LogP contribution is 2.19. The second kappa shape index (κ2) is 7.31. The Morgan fingerprint density at radius 1 is 1.08 bits per heavy atom. The molecule has 2 heterocycles. The summed E-state index contributed by atoms with van der Waals surface area (Å²) in [4.78, 5) is 7.18. The maximum absolute atomic E-state index is 12.8. The quantitative estimate of drug-likeness (QED) is 0.836. The fourth-order valence-electron chi connectivity index (χ4n) is 2.91. The van der Waals surface area contributed by atoms with E-state index >= 15 is 0 Å². The molecule has 24 heavy (non-hydrogen) atoms. The number of aryl methyl sites for hydroxylation is 2. The van der Waals surface area contributed by atoms with Crippen molar-refractivity contribution in [3.05, 3.63) is 45.9 Å². The molecule has 1 fully saturated rings. The van der Waals surface area contributed by atoms with Crippen LogP contribution < -0.4 is 0 Å². The first kappa shape index (κ1) is 17.5. The van der Waals surface area contributed by atoms with Crippen molar-refractivity contribution in [1.82, 2.24) is 14.2 Å². The minimum atomic E-state index is -3.40. The van der Waals surface area contributed by atoms with Crippen LogP contribution in [0.1, 0.15) is 22.7 Å². The molecule has 0 N–H and O–H groups in total. The number of thiazole rings is 1. The summed E-state index contributed by atoms with van der Waals surface area (Å²) in [6.07, 6.45) is 0.841. The Bertz CT molecular complexity index is 784. The monoisotopic (exact) mass is 365 g/mol. The van der Waals surface area contributed by atoms with Gasteiger partial charge in [-0.05, 0) is 38.9 Å². The van der Waals surface area contributed by atoms with E-state index in [4.69, 9.17) is 0 Å². The molecular weight excluding hydrogens is 342 g/mol. The summed E-state index contributed by atoms with van der Waals surface area (Å²) in [7, 11) is -3.40. The van der Waals surface area contributed by atoms with Crippen molar-refractivity contribution in [3.63, 3.8) is 0 Å². The number of benzene rings is 1. The number of hydrogen-bond acceptors (Lipinski definition) is 5. The van der Waals surface area contributed by atoms with Crippen LogP contribution in [0.25, 0.3) is 0 Å². The highest BCUT2D eigenvalue weighted by Gasteiger charge is 2.26. The fraction of sp³-hybridized carbons (Fsp3) is 0.471. The van der Waals surface area contributed by atoms with Gasteiger partial charge >= 0.3 is 0 Å². The molecule has 1 aromatic heterocycles. The largest absolute Gasteiger partial charge is 0.296 e. The fourth-order valence-corrected chi connectivity index (χ4v) is 4.99. The minimum Gasteiger partial charge on any atom is -0.296 e. The lowest BCUT2D eigenvalue weighted by Gasteiger charge is -2.21. The Morgan fingerprint density at radius 2 is 1.83 bits per heavy atom. The zero-order valence-electron chi connectivity index (χ0n) is 14.1. The van der Waals surface area contributed by atoms with Crippen molar-refractivity contribution < 1.29 is 8.42 Å². The van der Waals surface area contributed by atoms with Crippen molar-refractivity contribution in [2.75, 3.05) is 26.2 Å². The normalized spacial score (nSPS) is 17.8. The molecule has 2 aromatic rings. The van der Waals surface area contributed by atoms with Crippen LogP contribution in [0, 0.1) is 13.8 Å². The molecule has 0 spiro atoms. The second-order valence-corrected chi connectivity index (χ2v) is 9.20. The molecule has 7 heteroatoms. The van der Waals surface area contributed by atoms with Gasteiger partial charge in [0.05, 0.1) is 15.6 Å². The summed E-state index contributed by atoms with van der Waals surface area (Å²) in [6.45, 7) is 7.50. The lowest BCUT2D eigenvalue weighted by molar-refractivity contribution is 0.276. The molecule has 130 valence electrons. The topological polar surface area (TPSA) is 53.5 Å². The van der Waals surface area contributed by atoms with Crippen LogP contribution in [-0.2, 0) is 16.6 Å². The van der Waals surface area contributed by atoms with Gasteiger partial charge in [0.15, 0.2) is 0 Å². The standard InChI is InChI=1S/C17H23N3O2S2/c1-14-4-6-17(7-5-14)24(21,22)20-9-3-8-19(10-11-20)12-16-13-23-15(2)18-16/h4-7,13H,3,8-12H2,1-2H3. The predicted molar refractivity (Wildman–Crippen MR) is 96.7 cm³/mol. The number of hydrogen-bond donors (Lipinski definition) is 0. The molecule has 0 aliphatic carbocycles. The third kappa shape index (κ3) is 4.03. The lowest BCUT2D eigenvalue weighted by atomic mass is 10.2. The number of aromatic nitrogens is 1. The Labute approximate surface area is 148 Å². The van der Waals surface area contributed by atoms with E-state index in [1.54, 1.807) is 27.8 Å². The molecule has 3 rings (SSSR count). The van der Waals surface area contributed by atoms with E-state index in [2.05, 4.69) is 15.3 Å². The van der Waals surface area contributed by atoms with Gasteiger partial charge < -0.3 is 0 Å². The Morgan fingerprint density at radius 3 is 2.50 bits per heavy atom. The molecular formula is C17H23N3O2S2. The van der Waals surface area contributed by atoms with E-state index in [0.717, 1.165) is 42.3 Å². The maximum atomic E-state index is 12.8. The highest BCUT2D eigenvalue weighted by molar-refractivity contribution is 7.89. The summed E-state index contributed by atoms with van der Waals surface area (Å²) < 4.78 is 27.2. The third-order valence-corrected chi connectivity index (χ3v) is 6.99. The minimum absolute atomic E-state index is 0.386. The van der Waals surface area contributed by atoms with Crippen molar-refractivity contribution in [2.24, 2.45) is 0 Å². The van der Waals surface area contributed by atoms with Crippen molar-refractivity contribution in [3.8, 4) is 0 Å². The first-order valence-corrected chi connectivity index (χ1v) is 10.5. The molecule has 1 saturated heterocycles. The van der Waals surface area contributed by atoms with Gasteiger partial charge in [0.1, 0.15) is 0 Å². The number of sulfonamides is 1. The van der Waals surface area contributed by atoms with Crippen LogP contribution in [0.4, 0.5) is 0 Å². The van der Waals surface area contributed by atoms with Crippen LogP contribution in [-0.4, -0.2) is 48.8 Å². The average Bonchev–Trinajstić information content (AvgIpc) is 2.81. The zero-order chi connectivity index (χ0) is 17.2. The van der Waals surface area contributed by atoms with E-state index in [-0.39, 0.29) is 0 Å². The molecule has 0 radical (unpaired) electrons. The molecule has 1 aromatic carbocycles. The molecule has 0 unspecified atom stereocenters. The van der Waals surface area contributed by atoms with Crippen LogP contribution in [0.2, 0.25) is 0 Å². The van der Waals surface area contributed by atoms with Gasteiger partial charge in [-0.1, -0.05) is 17.7 Å². The van der Waals surface area contributed by atoms with Crippen molar-refractivity contribution in [1.29, 1.82) is 0 Å². The molecule has 0 atom stereocenters. The first-order valence-electron chi connectivity index (χ1n) is 8.15. The Balaban J connectivity index is 1.67. The van der Waals surface area contributed by atoms with Gasteiger partial charge in [-0.25, -0.2) is 13.4 Å². The average molecular weight is 366 g/mol. The predicted octanol–water partition coefficient (Wildman–Crippen LogP) is 2.66. The summed E-state index contributed by atoms with van der Waals surface area (Å²) in [5.41, 5.74) is 2.14. The highest BCUT2D eigenvalue weighted by atomic mass is 32.2. The van der Waals surface area contributed by atoms with Crippen molar-refractivity contribution >= 4 is 21.4 Å². The summed E-state index contributed by atoms with van der Waals surface area (Å²) in [6, 6.07) is 7.10. The Kier molecular flexibility index (Phi) is 5.34. The third-order valence-electron chi connectivity index (χ3n) is 4.26. The SMILES string of the molecule is Cc1ccc(S(=O)(=O)N2CCCN(Cc3csc(C)n3)CC2)cc1. The van der Waals surface area contributed by atoms with E-state index in [1.165, 1.54) is 0 Å². The molecule has 0 saturated carbocycles. The molecule has 0 amide bonds. The van der Waals surface area contributed by atoms with Crippen LogP contribution >= 0.6 is 11.3 Å². The second-order valence-electron chi connectivity index (χ2n) is 6.20. The van der Waals surface area contributed by atoms with Gasteiger partial charge in [0, 0.05) is 31.6 Å². The van der Waals surface area contributed by atoms with Gasteiger partial charge in [0.25, 0.3) is 0 Å². The lowest BCUT2D eigenvalue weighted by Crippen LogP contribution is -2.35. The van der Waals surface area contributed by atoms with Crippen LogP contribution in [0.5, 0.6) is 0 Å². The molecule has 0 bridgehead atoms.